The number of methoxy groups -OCH3 is 1. The predicted molar refractivity (Wildman–Crippen MR) is 72.7 cm³/mol. The topological polar surface area (TPSA) is 63.9 Å². The fourth-order valence-corrected chi connectivity index (χ4v) is 1.93. The van der Waals surface area contributed by atoms with E-state index in [1.165, 1.54) is 5.56 Å². The smallest absolute Gasteiger partial charge is 0.128 e. The van der Waals surface area contributed by atoms with Crippen molar-refractivity contribution >= 4 is 0 Å². The summed E-state index contributed by atoms with van der Waals surface area (Å²) in [4.78, 5) is 7.69. The molecule has 0 atom stereocenters. The van der Waals surface area contributed by atoms with Crippen LogP contribution < -0.4 is 10.5 Å². The molecule has 0 amide bonds. The molecule has 0 spiro atoms. The molecule has 4 nitrogen and oxygen atoms in total. The third-order valence-electron chi connectivity index (χ3n) is 2.89. The summed E-state index contributed by atoms with van der Waals surface area (Å²) in [6, 6.07) is 6.11. The Kier molecular flexibility index (Phi) is 3.99. The van der Waals surface area contributed by atoms with Crippen LogP contribution in [0, 0.1) is 6.92 Å². The van der Waals surface area contributed by atoms with Crippen molar-refractivity contribution in [3.05, 3.63) is 35.8 Å². The van der Waals surface area contributed by atoms with Gasteiger partial charge < -0.3 is 15.5 Å². The Morgan fingerprint density at radius 1 is 1.39 bits per heavy atom. The highest BCUT2D eigenvalue weighted by Gasteiger charge is 2.09. The van der Waals surface area contributed by atoms with Crippen molar-refractivity contribution in [2.24, 2.45) is 5.73 Å². The second-order valence-electron chi connectivity index (χ2n) is 4.34. The van der Waals surface area contributed by atoms with Crippen LogP contribution in [0.5, 0.6) is 5.75 Å². The Balaban J connectivity index is 2.30. The molecule has 2 aromatic rings. The summed E-state index contributed by atoms with van der Waals surface area (Å²) in [7, 11) is 1.68. The molecule has 0 aliphatic carbocycles. The van der Waals surface area contributed by atoms with Gasteiger partial charge in [-0.25, -0.2) is 4.98 Å². The van der Waals surface area contributed by atoms with Gasteiger partial charge in [-0.1, -0.05) is 11.6 Å². The van der Waals surface area contributed by atoms with Crippen molar-refractivity contribution in [1.29, 1.82) is 0 Å². The molecule has 1 aromatic carbocycles. The highest BCUT2D eigenvalue weighted by atomic mass is 16.5. The predicted octanol–water partition coefficient (Wildman–Crippen LogP) is 2.29. The molecule has 0 saturated heterocycles. The van der Waals surface area contributed by atoms with Crippen LogP contribution in [-0.4, -0.2) is 23.6 Å². The molecule has 0 fully saturated rings. The maximum atomic E-state index is 5.50. The first-order chi connectivity index (χ1) is 8.74. The number of ether oxygens (including phenoxy) is 1. The van der Waals surface area contributed by atoms with Crippen LogP contribution in [0.15, 0.2) is 24.4 Å². The van der Waals surface area contributed by atoms with Gasteiger partial charge in [0.1, 0.15) is 11.6 Å². The van der Waals surface area contributed by atoms with E-state index in [0.717, 1.165) is 35.7 Å². The number of rotatable bonds is 5. The molecular weight excluding hydrogens is 226 g/mol. The number of aromatic amines is 1. The average molecular weight is 245 g/mol. The summed E-state index contributed by atoms with van der Waals surface area (Å²) in [6.45, 7) is 2.75. The number of aryl methyl sites for hydroxylation is 2. The zero-order valence-electron chi connectivity index (χ0n) is 10.9. The van der Waals surface area contributed by atoms with E-state index in [2.05, 4.69) is 23.0 Å². The normalized spacial score (nSPS) is 10.6. The van der Waals surface area contributed by atoms with Crippen LogP contribution in [0.2, 0.25) is 0 Å². The summed E-state index contributed by atoms with van der Waals surface area (Å²) in [6.07, 6.45) is 3.67. The lowest BCUT2D eigenvalue weighted by molar-refractivity contribution is 0.416. The van der Waals surface area contributed by atoms with Gasteiger partial charge in [-0.2, -0.15) is 0 Å². The standard InChI is InChI=1S/C14H19N3O/c1-10-5-6-13(18-2)11(8-10)12-9-16-14(17-12)4-3-7-15/h5-6,8-9H,3-4,7,15H2,1-2H3,(H,16,17). The fourth-order valence-electron chi connectivity index (χ4n) is 1.93. The van der Waals surface area contributed by atoms with Gasteiger partial charge in [0.05, 0.1) is 19.0 Å². The lowest BCUT2D eigenvalue weighted by Gasteiger charge is -2.07. The molecule has 0 unspecified atom stereocenters. The Bertz CT molecular complexity index is 520. The Labute approximate surface area is 107 Å². The highest BCUT2D eigenvalue weighted by molar-refractivity contribution is 5.67. The quantitative estimate of drug-likeness (QED) is 0.849. The molecular formula is C14H19N3O. The van der Waals surface area contributed by atoms with Gasteiger partial charge in [0.15, 0.2) is 0 Å². The van der Waals surface area contributed by atoms with E-state index in [-0.39, 0.29) is 0 Å². The first kappa shape index (κ1) is 12.6. The second kappa shape index (κ2) is 5.69. The van der Waals surface area contributed by atoms with E-state index in [1.54, 1.807) is 7.11 Å². The van der Waals surface area contributed by atoms with E-state index in [9.17, 15) is 0 Å². The maximum Gasteiger partial charge on any atom is 0.128 e. The second-order valence-corrected chi connectivity index (χ2v) is 4.34. The zero-order valence-corrected chi connectivity index (χ0v) is 10.9. The lowest BCUT2D eigenvalue weighted by Crippen LogP contribution is -2.01. The van der Waals surface area contributed by atoms with Crippen molar-refractivity contribution in [3.8, 4) is 17.0 Å². The van der Waals surface area contributed by atoms with Crippen molar-refractivity contribution in [3.63, 3.8) is 0 Å². The maximum absolute atomic E-state index is 5.50. The number of aromatic nitrogens is 2. The summed E-state index contributed by atoms with van der Waals surface area (Å²) in [5.41, 5.74) is 8.73. The third-order valence-corrected chi connectivity index (χ3v) is 2.89. The Morgan fingerprint density at radius 3 is 2.94 bits per heavy atom. The number of imidazole rings is 1. The van der Waals surface area contributed by atoms with Gasteiger partial charge in [-0.3, -0.25) is 0 Å². The minimum Gasteiger partial charge on any atom is -0.496 e. The van der Waals surface area contributed by atoms with E-state index in [0.29, 0.717) is 6.54 Å². The number of benzene rings is 1. The van der Waals surface area contributed by atoms with Crippen LogP contribution >= 0.6 is 0 Å². The molecule has 0 bridgehead atoms. The molecule has 0 saturated carbocycles. The van der Waals surface area contributed by atoms with Crippen molar-refractivity contribution in [1.82, 2.24) is 9.97 Å². The average Bonchev–Trinajstić information content (AvgIpc) is 2.85. The van der Waals surface area contributed by atoms with Crippen LogP contribution in [0.3, 0.4) is 0 Å². The third kappa shape index (κ3) is 2.71. The Hall–Kier alpha value is -1.81. The molecule has 2 rings (SSSR count). The summed E-state index contributed by atoms with van der Waals surface area (Å²) in [5.74, 6) is 1.83. The van der Waals surface area contributed by atoms with Crippen LogP contribution in [0.25, 0.3) is 11.3 Å². The van der Waals surface area contributed by atoms with Crippen LogP contribution in [0.1, 0.15) is 17.8 Å². The first-order valence-electron chi connectivity index (χ1n) is 6.13. The van der Waals surface area contributed by atoms with Crippen LogP contribution in [-0.2, 0) is 6.42 Å². The Morgan fingerprint density at radius 2 is 2.22 bits per heavy atom. The van der Waals surface area contributed by atoms with E-state index in [4.69, 9.17) is 10.5 Å². The number of hydrogen-bond donors (Lipinski definition) is 2. The molecule has 3 N–H and O–H groups in total. The van der Waals surface area contributed by atoms with Crippen LogP contribution in [0.4, 0.5) is 0 Å². The summed E-state index contributed by atoms with van der Waals surface area (Å²) < 4.78 is 5.38. The zero-order chi connectivity index (χ0) is 13.0. The lowest BCUT2D eigenvalue weighted by atomic mass is 10.1. The minimum absolute atomic E-state index is 0.684. The number of nitrogens with two attached hydrogens (primary N) is 1. The van der Waals surface area contributed by atoms with E-state index < -0.39 is 0 Å². The highest BCUT2D eigenvalue weighted by Crippen LogP contribution is 2.29. The largest absolute Gasteiger partial charge is 0.496 e. The summed E-state index contributed by atoms with van der Waals surface area (Å²) >= 11 is 0. The van der Waals surface area contributed by atoms with Gasteiger partial charge >= 0.3 is 0 Å². The first-order valence-corrected chi connectivity index (χ1v) is 6.13. The number of nitrogens with one attached hydrogen (secondary N) is 1. The minimum atomic E-state index is 0.684. The van der Waals surface area contributed by atoms with Gasteiger partial charge in [-0.15, -0.1) is 0 Å². The molecule has 1 aromatic heterocycles. The molecule has 0 aliphatic rings. The van der Waals surface area contributed by atoms with Crippen molar-refractivity contribution in [2.45, 2.75) is 19.8 Å². The molecule has 4 heteroatoms. The molecule has 96 valence electrons. The number of nitrogens with zero attached hydrogens (tertiary/aromatic N) is 1. The van der Waals surface area contributed by atoms with Gasteiger partial charge in [-0.05, 0) is 32.0 Å². The summed E-state index contributed by atoms with van der Waals surface area (Å²) in [5, 5.41) is 0. The fraction of sp³-hybridized carbons (Fsp3) is 0.357. The number of H-pyrrole nitrogens is 1. The molecule has 1 heterocycles. The molecule has 0 radical (unpaired) electrons. The molecule has 18 heavy (non-hydrogen) atoms. The SMILES string of the molecule is COc1ccc(C)cc1-c1cnc(CCCN)[nH]1. The number of hydrogen-bond acceptors (Lipinski definition) is 3. The van der Waals surface area contributed by atoms with Crippen molar-refractivity contribution in [2.75, 3.05) is 13.7 Å². The van der Waals surface area contributed by atoms with Gasteiger partial charge in [0, 0.05) is 12.0 Å². The van der Waals surface area contributed by atoms with Gasteiger partial charge in [0.25, 0.3) is 0 Å². The van der Waals surface area contributed by atoms with E-state index in [1.807, 2.05) is 18.3 Å². The van der Waals surface area contributed by atoms with Gasteiger partial charge in [0.2, 0.25) is 0 Å². The van der Waals surface area contributed by atoms with Crippen molar-refractivity contribution < 1.29 is 4.74 Å². The van der Waals surface area contributed by atoms with E-state index >= 15 is 0 Å². The molecule has 0 aliphatic heterocycles. The monoisotopic (exact) mass is 245 g/mol.